The zero-order valence-electron chi connectivity index (χ0n) is 17.7. The summed E-state index contributed by atoms with van der Waals surface area (Å²) in [5.41, 5.74) is 6.85. The molecule has 0 fully saturated rings. The van der Waals surface area contributed by atoms with Gasteiger partial charge in [0.05, 0.1) is 24.0 Å². The van der Waals surface area contributed by atoms with E-state index >= 15 is 0 Å². The van der Waals surface area contributed by atoms with E-state index in [9.17, 15) is 27.9 Å². The molecule has 0 saturated heterocycles. The lowest BCUT2D eigenvalue weighted by atomic mass is 9.92. The number of nitrogens with zero attached hydrogens (tertiary/aromatic N) is 3. The fourth-order valence-electron chi connectivity index (χ4n) is 3.88. The number of rotatable bonds is 7. The fourth-order valence-corrected chi connectivity index (χ4v) is 3.88. The van der Waals surface area contributed by atoms with Gasteiger partial charge in [0, 0.05) is 29.8 Å². The van der Waals surface area contributed by atoms with Gasteiger partial charge in [0.2, 0.25) is 0 Å². The molecule has 3 atom stereocenters. The molecule has 0 bridgehead atoms. The predicted octanol–water partition coefficient (Wildman–Crippen LogP) is 2.71. The standard InChI is InChI=1S/C21H23F3N4O4/c1-10-6-14(27-7-15(10)32-9-21(22,23)24)12(3)28-18(11(2)8-29)16-13(20(28)31)4-5-26-17(16)19(25)30/h4-7,11-12,18,29H,8-9H2,1-3H3,(H2,25,30)/t11-,12?,18?/m1/s1. The molecule has 1 aliphatic heterocycles. The molecule has 8 nitrogen and oxygen atoms in total. The third kappa shape index (κ3) is 4.38. The number of alkyl halides is 3. The predicted molar refractivity (Wildman–Crippen MR) is 107 cm³/mol. The molecule has 0 radical (unpaired) electrons. The summed E-state index contributed by atoms with van der Waals surface area (Å²) in [6, 6.07) is 1.70. The van der Waals surface area contributed by atoms with Crippen LogP contribution >= 0.6 is 0 Å². The van der Waals surface area contributed by atoms with Crippen LogP contribution in [0.1, 0.15) is 63.6 Å². The van der Waals surface area contributed by atoms with E-state index in [0.717, 1.165) is 0 Å². The highest BCUT2D eigenvalue weighted by Gasteiger charge is 2.45. The molecule has 2 amide bonds. The van der Waals surface area contributed by atoms with E-state index in [1.54, 1.807) is 26.8 Å². The van der Waals surface area contributed by atoms with E-state index in [1.807, 2.05) is 0 Å². The summed E-state index contributed by atoms with van der Waals surface area (Å²) >= 11 is 0. The van der Waals surface area contributed by atoms with Crippen LogP contribution in [-0.2, 0) is 0 Å². The Balaban J connectivity index is 1.99. The number of aromatic nitrogens is 2. The van der Waals surface area contributed by atoms with Crippen molar-refractivity contribution in [3.05, 3.63) is 52.6 Å². The molecule has 2 aromatic heterocycles. The van der Waals surface area contributed by atoms with Gasteiger partial charge in [0.1, 0.15) is 11.4 Å². The number of pyridine rings is 2. The number of halogens is 3. The first-order valence-electron chi connectivity index (χ1n) is 9.84. The van der Waals surface area contributed by atoms with Gasteiger partial charge in [0.15, 0.2) is 6.61 Å². The van der Waals surface area contributed by atoms with Crippen LogP contribution in [0.2, 0.25) is 0 Å². The zero-order valence-corrected chi connectivity index (χ0v) is 17.7. The smallest absolute Gasteiger partial charge is 0.422 e. The first kappa shape index (κ1) is 23.5. The molecule has 1 aliphatic rings. The normalized spacial score (nSPS) is 17.8. The number of aliphatic hydroxyl groups is 1. The van der Waals surface area contributed by atoms with Crippen LogP contribution in [0.5, 0.6) is 5.75 Å². The molecular weight excluding hydrogens is 429 g/mol. The molecule has 2 aromatic rings. The van der Waals surface area contributed by atoms with Gasteiger partial charge in [-0.3, -0.25) is 19.6 Å². The number of fused-ring (bicyclic) bond motifs is 1. The van der Waals surface area contributed by atoms with E-state index in [0.29, 0.717) is 16.8 Å². The van der Waals surface area contributed by atoms with Crippen LogP contribution in [0.25, 0.3) is 0 Å². The minimum absolute atomic E-state index is 0.0187. The summed E-state index contributed by atoms with van der Waals surface area (Å²) in [6.45, 7) is 3.29. The number of nitrogens with two attached hydrogens (primary N) is 1. The number of carbonyl (C=O) groups is 2. The minimum atomic E-state index is -4.48. The molecule has 3 N–H and O–H groups in total. The highest BCUT2D eigenvalue weighted by atomic mass is 19.4. The van der Waals surface area contributed by atoms with Gasteiger partial charge in [-0.25, -0.2) is 0 Å². The van der Waals surface area contributed by atoms with Crippen LogP contribution in [0.4, 0.5) is 13.2 Å². The lowest BCUT2D eigenvalue weighted by molar-refractivity contribution is -0.153. The van der Waals surface area contributed by atoms with Crippen LogP contribution in [0.3, 0.4) is 0 Å². The Hall–Kier alpha value is -3.21. The molecule has 3 heterocycles. The number of aryl methyl sites for hydroxylation is 1. The lowest BCUT2D eigenvalue weighted by Gasteiger charge is -2.34. The Morgan fingerprint density at radius 1 is 1.34 bits per heavy atom. The number of hydrogen-bond acceptors (Lipinski definition) is 6. The lowest BCUT2D eigenvalue weighted by Crippen LogP contribution is -2.36. The van der Waals surface area contributed by atoms with E-state index in [-0.39, 0.29) is 29.5 Å². The van der Waals surface area contributed by atoms with Crippen LogP contribution < -0.4 is 10.5 Å². The van der Waals surface area contributed by atoms with E-state index in [2.05, 4.69) is 9.97 Å². The van der Waals surface area contributed by atoms with E-state index < -0.39 is 36.7 Å². The van der Waals surface area contributed by atoms with Gasteiger partial charge < -0.3 is 20.5 Å². The first-order valence-corrected chi connectivity index (χ1v) is 9.84. The largest absolute Gasteiger partial charge is 0.482 e. The topological polar surface area (TPSA) is 119 Å². The molecule has 0 aromatic carbocycles. The van der Waals surface area contributed by atoms with Crippen molar-refractivity contribution in [3.63, 3.8) is 0 Å². The minimum Gasteiger partial charge on any atom is -0.482 e. The summed E-state index contributed by atoms with van der Waals surface area (Å²) in [4.78, 5) is 34.9. The monoisotopic (exact) mass is 452 g/mol. The molecule has 32 heavy (non-hydrogen) atoms. The van der Waals surface area contributed by atoms with Gasteiger partial charge in [-0.2, -0.15) is 13.2 Å². The second kappa shape index (κ2) is 8.73. The molecular formula is C21H23F3N4O4. The quantitative estimate of drug-likeness (QED) is 0.667. The van der Waals surface area contributed by atoms with Crippen molar-refractivity contribution in [2.75, 3.05) is 13.2 Å². The number of primary amides is 1. The summed E-state index contributed by atoms with van der Waals surface area (Å²) in [5, 5.41) is 9.81. The molecule has 0 aliphatic carbocycles. The second-order valence-corrected chi connectivity index (χ2v) is 7.76. The van der Waals surface area contributed by atoms with Crippen molar-refractivity contribution in [2.45, 2.75) is 39.0 Å². The number of hydrogen-bond donors (Lipinski definition) is 2. The highest BCUT2D eigenvalue weighted by Crippen LogP contribution is 2.44. The van der Waals surface area contributed by atoms with Crippen molar-refractivity contribution in [3.8, 4) is 5.75 Å². The van der Waals surface area contributed by atoms with Gasteiger partial charge in [0.25, 0.3) is 11.8 Å². The van der Waals surface area contributed by atoms with Gasteiger partial charge >= 0.3 is 6.18 Å². The highest BCUT2D eigenvalue weighted by molar-refractivity contribution is 6.04. The third-order valence-corrected chi connectivity index (χ3v) is 5.43. The third-order valence-electron chi connectivity index (χ3n) is 5.43. The summed E-state index contributed by atoms with van der Waals surface area (Å²) in [5.74, 6) is -1.66. The summed E-state index contributed by atoms with van der Waals surface area (Å²) in [6.07, 6.45) is -1.98. The fraction of sp³-hybridized carbons (Fsp3) is 0.429. The zero-order chi connectivity index (χ0) is 23.8. The number of carbonyl (C=O) groups excluding carboxylic acids is 2. The molecule has 2 unspecified atom stereocenters. The Kier molecular flexibility index (Phi) is 6.40. The average Bonchev–Trinajstić information content (AvgIpc) is 3.03. The summed E-state index contributed by atoms with van der Waals surface area (Å²) in [7, 11) is 0. The average molecular weight is 452 g/mol. The second-order valence-electron chi connectivity index (χ2n) is 7.76. The van der Waals surface area contributed by atoms with Crippen LogP contribution in [-0.4, -0.2) is 51.2 Å². The van der Waals surface area contributed by atoms with Crippen molar-refractivity contribution in [2.24, 2.45) is 11.7 Å². The maximum Gasteiger partial charge on any atom is 0.422 e. The Bertz CT molecular complexity index is 1040. The maximum atomic E-state index is 13.3. The van der Waals surface area contributed by atoms with Crippen molar-refractivity contribution in [1.29, 1.82) is 0 Å². The molecule has 0 saturated carbocycles. The Morgan fingerprint density at radius 3 is 2.59 bits per heavy atom. The molecule has 172 valence electrons. The molecule has 11 heteroatoms. The van der Waals surface area contributed by atoms with E-state index in [4.69, 9.17) is 10.5 Å². The Labute approximate surface area is 182 Å². The molecule has 0 spiro atoms. The van der Waals surface area contributed by atoms with Crippen LogP contribution in [0.15, 0.2) is 24.5 Å². The van der Waals surface area contributed by atoms with Crippen molar-refractivity contribution in [1.82, 2.24) is 14.9 Å². The maximum absolute atomic E-state index is 13.3. The number of ether oxygens (including phenoxy) is 1. The van der Waals surface area contributed by atoms with Gasteiger partial charge in [-0.05, 0) is 31.5 Å². The van der Waals surface area contributed by atoms with Crippen LogP contribution in [0, 0.1) is 12.8 Å². The van der Waals surface area contributed by atoms with E-state index in [1.165, 1.54) is 23.4 Å². The number of amides is 2. The van der Waals surface area contributed by atoms with Crippen molar-refractivity contribution >= 4 is 11.8 Å². The van der Waals surface area contributed by atoms with Gasteiger partial charge in [-0.1, -0.05) is 6.92 Å². The molecule has 3 rings (SSSR count). The van der Waals surface area contributed by atoms with Gasteiger partial charge in [-0.15, -0.1) is 0 Å². The number of aliphatic hydroxyl groups excluding tert-OH is 1. The Morgan fingerprint density at radius 2 is 2.03 bits per heavy atom. The van der Waals surface area contributed by atoms with Crippen molar-refractivity contribution < 1.29 is 32.6 Å². The summed E-state index contributed by atoms with van der Waals surface area (Å²) < 4.78 is 42.1. The SMILES string of the molecule is Cc1cc(C(C)N2C(=O)c3ccnc(C(N)=O)c3C2[C@H](C)CO)ncc1OCC(F)(F)F. The first-order chi connectivity index (χ1) is 15.0.